The summed E-state index contributed by atoms with van der Waals surface area (Å²) in [5.74, 6) is 0.0518. The lowest BCUT2D eigenvalue weighted by molar-refractivity contribution is 0.159. The molecule has 0 saturated heterocycles. The Morgan fingerprint density at radius 1 is 1.56 bits per heavy atom. The lowest BCUT2D eigenvalue weighted by Gasteiger charge is -2.31. The zero-order valence-electron chi connectivity index (χ0n) is 11.0. The van der Waals surface area contributed by atoms with E-state index in [0.29, 0.717) is 19.7 Å². The van der Waals surface area contributed by atoms with Crippen molar-refractivity contribution in [1.82, 2.24) is 14.1 Å². The van der Waals surface area contributed by atoms with Gasteiger partial charge in [0, 0.05) is 43.9 Å². The second kappa shape index (κ2) is 4.99. The predicted molar refractivity (Wildman–Crippen MR) is 67.8 cm³/mol. The minimum absolute atomic E-state index is 0.0518. The van der Waals surface area contributed by atoms with Gasteiger partial charge in [-0.25, -0.2) is 8.42 Å². The van der Waals surface area contributed by atoms with Crippen LogP contribution in [0.4, 0.5) is 0 Å². The first-order chi connectivity index (χ1) is 8.47. The molecule has 0 aliphatic carbocycles. The topological polar surface area (TPSA) is 64.4 Å². The van der Waals surface area contributed by atoms with E-state index in [-0.39, 0.29) is 5.92 Å². The summed E-state index contributed by atoms with van der Waals surface area (Å²) in [5, 5.41) is 4.30. The Labute approximate surface area is 108 Å². The Kier molecular flexibility index (Phi) is 3.74. The molecule has 0 spiro atoms. The van der Waals surface area contributed by atoms with Crippen LogP contribution in [-0.2, 0) is 27.8 Å². The molecule has 7 heteroatoms. The van der Waals surface area contributed by atoms with E-state index in [1.54, 1.807) is 13.3 Å². The number of ether oxygens (including phenoxy) is 1. The van der Waals surface area contributed by atoms with Crippen molar-refractivity contribution in [3.8, 4) is 0 Å². The highest BCUT2D eigenvalue weighted by Crippen LogP contribution is 2.29. The normalized spacial score (nSPS) is 20.9. The standard InChI is InChI=1S/C11H19N3O3S/c1-4-14-11-9(5-12-14)6-13(18(3,15)16)7-10(11)8-17-2/h5,10H,4,6-8H2,1-3H3. The molecule has 1 aromatic heterocycles. The summed E-state index contributed by atoms with van der Waals surface area (Å²) < 4.78 is 32.0. The molecule has 0 aromatic carbocycles. The maximum Gasteiger partial charge on any atom is 0.211 e. The summed E-state index contributed by atoms with van der Waals surface area (Å²) in [5.41, 5.74) is 2.09. The van der Waals surface area contributed by atoms with Crippen LogP contribution >= 0.6 is 0 Å². The number of nitrogens with zero attached hydrogens (tertiary/aromatic N) is 3. The van der Waals surface area contributed by atoms with Gasteiger partial charge >= 0.3 is 0 Å². The van der Waals surface area contributed by atoms with Crippen molar-refractivity contribution in [2.24, 2.45) is 0 Å². The van der Waals surface area contributed by atoms with Crippen LogP contribution in [0.2, 0.25) is 0 Å². The third-order valence-electron chi connectivity index (χ3n) is 3.25. The highest BCUT2D eigenvalue weighted by Gasteiger charge is 2.32. The van der Waals surface area contributed by atoms with Crippen LogP contribution in [0.15, 0.2) is 6.20 Å². The molecule has 1 unspecified atom stereocenters. The van der Waals surface area contributed by atoms with Gasteiger partial charge in [0.2, 0.25) is 10.0 Å². The molecule has 6 nitrogen and oxygen atoms in total. The van der Waals surface area contributed by atoms with Gasteiger partial charge < -0.3 is 4.74 Å². The van der Waals surface area contributed by atoms with Gasteiger partial charge in [-0.15, -0.1) is 0 Å². The molecule has 0 N–H and O–H groups in total. The number of hydrogen-bond acceptors (Lipinski definition) is 4. The molecule has 0 radical (unpaired) electrons. The Bertz CT molecular complexity index is 524. The molecule has 18 heavy (non-hydrogen) atoms. The van der Waals surface area contributed by atoms with Crippen LogP contribution in [0.3, 0.4) is 0 Å². The van der Waals surface area contributed by atoms with Gasteiger partial charge in [0.05, 0.1) is 19.1 Å². The molecule has 0 amide bonds. The molecule has 0 fully saturated rings. The average Bonchev–Trinajstić information content (AvgIpc) is 2.71. The monoisotopic (exact) mass is 273 g/mol. The van der Waals surface area contributed by atoms with Crippen molar-refractivity contribution in [2.45, 2.75) is 25.9 Å². The smallest absolute Gasteiger partial charge is 0.211 e. The third-order valence-corrected chi connectivity index (χ3v) is 4.47. The number of aromatic nitrogens is 2. The zero-order valence-corrected chi connectivity index (χ0v) is 11.8. The molecule has 2 heterocycles. The molecular formula is C11H19N3O3S. The molecular weight excluding hydrogens is 254 g/mol. The van der Waals surface area contributed by atoms with E-state index in [1.165, 1.54) is 10.6 Å². The van der Waals surface area contributed by atoms with Crippen LogP contribution in [0.25, 0.3) is 0 Å². The number of hydrogen-bond donors (Lipinski definition) is 0. The van der Waals surface area contributed by atoms with E-state index < -0.39 is 10.0 Å². The van der Waals surface area contributed by atoms with Crippen LogP contribution in [0.5, 0.6) is 0 Å². The molecule has 102 valence electrons. The summed E-state index contributed by atoms with van der Waals surface area (Å²) in [4.78, 5) is 0. The highest BCUT2D eigenvalue weighted by molar-refractivity contribution is 7.88. The lowest BCUT2D eigenvalue weighted by atomic mass is 9.98. The zero-order chi connectivity index (χ0) is 13.3. The van der Waals surface area contributed by atoms with E-state index in [9.17, 15) is 8.42 Å². The maximum absolute atomic E-state index is 11.7. The van der Waals surface area contributed by atoms with Crippen molar-refractivity contribution >= 4 is 10.0 Å². The van der Waals surface area contributed by atoms with Crippen molar-refractivity contribution < 1.29 is 13.2 Å². The molecule has 1 aromatic rings. The minimum atomic E-state index is -3.18. The number of fused-ring (bicyclic) bond motifs is 1. The van der Waals surface area contributed by atoms with E-state index in [2.05, 4.69) is 5.10 Å². The number of rotatable bonds is 4. The average molecular weight is 273 g/mol. The lowest BCUT2D eigenvalue weighted by Crippen LogP contribution is -2.39. The molecule has 0 bridgehead atoms. The Balaban J connectivity index is 2.38. The van der Waals surface area contributed by atoms with Crippen molar-refractivity contribution in [3.63, 3.8) is 0 Å². The third kappa shape index (κ3) is 2.43. The SMILES string of the molecule is CCn1ncc2c1C(COC)CN(S(C)(=O)=O)C2. The fourth-order valence-electron chi connectivity index (χ4n) is 2.45. The fourth-order valence-corrected chi connectivity index (χ4v) is 3.28. The summed E-state index contributed by atoms with van der Waals surface area (Å²) in [6.45, 7) is 4.19. The molecule has 2 rings (SSSR count). The Morgan fingerprint density at radius 3 is 2.83 bits per heavy atom. The van der Waals surface area contributed by atoms with Gasteiger partial charge in [-0.3, -0.25) is 4.68 Å². The largest absolute Gasteiger partial charge is 0.384 e. The van der Waals surface area contributed by atoms with Crippen LogP contribution in [0, 0.1) is 0 Å². The second-order valence-corrected chi connectivity index (χ2v) is 6.56. The number of methoxy groups -OCH3 is 1. The number of aryl methyl sites for hydroxylation is 1. The van der Waals surface area contributed by atoms with Crippen molar-refractivity contribution in [1.29, 1.82) is 0 Å². The minimum Gasteiger partial charge on any atom is -0.384 e. The first-order valence-corrected chi connectivity index (χ1v) is 7.80. The van der Waals surface area contributed by atoms with E-state index in [1.807, 2.05) is 11.6 Å². The molecule has 1 aliphatic heterocycles. The molecule has 1 aliphatic rings. The van der Waals surface area contributed by atoms with E-state index in [4.69, 9.17) is 4.74 Å². The first-order valence-electron chi connectivity index (χ1n) is 5.96. The summed E-state index contributed by atoms with van der Waals surface area (Å²) in [6.07, 6.45) is 3.00. The van der Waals surface area contributed by atoms with Crippen molar-refractivity contribution in [3.05, 3.63) is 17.5 Å². The Hall–Kier alpha value is -0.920. The van der Waals surface area contributed by atoms with Gasteiger partial charge in [0.1, 0.15) is 0 Å². The van der Waals surface area contributed by atoms with E-state index in [0.717, 1.165) is 17.8 Å². The maximum atomic E-state index is 11.7. The summed E-state index contributed by atoms with van der Waals surface area (Å²) in [6, 6.07) is 0. The first kappa shape index (κ1) is 13.5. The van der Waals surface area contributed by atoms with Crippen LogP contribution in [0.1, 0.15) is 24.1 Å². The predicted octanol–water partition coefficient (Wildman–Crippen LogP) is 0.408. The highest BCUT2D eigenvalue weighted by atomic mass is 32.2. The van der Waals surface area contributed by atoms with Crippen LogP contribution in [-0.4, -0.2) is 49.0 Å². The van der Waals surface area contributed by atoms with Gasteiger partial charge in [-0.05, 0) is 6.92 Å². The van der Waals surface area contributed by atoms with Crippen LogP contribution < -0.4 is 0 Å². The van der Waals surface area contributed by atoms with Gasteiger partial charge in [0.25, 0.3) is 0 Å². The number of sulfonamides is 1. The Morgan fingerprint density at radius 2 is 2.28 bits per heavy atom. The quantitative estimate of drug-likeness (QED) is 0.797. The van der Waals surface area contributed by atoms with E-state index >= 15 is 0 Å². The second-order valence-electron chi connectivity index (χ2n) is 4.58. The fraction of sp³-hybridized carbons (Fsp3) is 0.727. The van der Waals surface area contributed by atoms with Gasteiger partial charge in [0.15, 0.2) is 0 Å². The summed E-state index contributed by atoms with van der Waals surface area (Å²) in [7, 11) is -1.55. The van der Waals surface area contributed by atoms with Gasteiger partial charge in [-0.2, -0.15) is 9.40 Å². The molecule has 0 saturated carbocycles. The molecule has 1 atom stereocenters. The summed E-state index contributed by atoms with van der Waals surface area (Å²) >= 11 is 0. The van der Waals surface area contributed by atoms with Crippen molar-refractivity contribution in [2.75, 3.05) is 26.5 Å². The van der Waals surface area contributed by atoms with Gasteiger partial charge in [-0.1, -0.05) is 0 Å².